The molecule has 1 amide bonds. The zero-order valence-electron chi connectivity index (χ0n) is 13.6. The first kappa shape index (κ1) is 14.6. The number of hydrogen-bond acceptors (Lipinski definition) is 5. The third-order valence-electron chi connectivity index (χ3n) is 4.44. The quantitative estimate of drug-likeness (QED) is 0.526. The maximum Gasteiger partial charge on any atom is 0.287 e. The van der Waals surface area contributed by atoms with Gasteiger partial charge in [0, 0.05) is 23.2 Å². The number of aromatic nitrogens is 5. The molecule has 5 rings (SSSR count). The number of amides is 1. The van der Waals surface area contributed by atoms with Gasteiger partial charge in [0.15, 0.2) is 5.82 Å². The van der Waals surface area contributed by atoms with Crippen molar-refractivity contribution in [3.05, 3.63) is 42.0 Å². The molecule has 0 radical (unpaired) electrons. The van der Waals surface area contributed by atoms with Crippen molar-refractivity contribution in [2.75, 3.05) is 0 Å². The molecule has 1 fully saturated rings. The number of carbonyl (C=O) groups excluding carboxylic acids is 1. The first-order valence-corrected chi connectivity index (χ1v) is 8.26. The number of H-pyrrole nitrogens is 2. The first-order valence-electron chi connectivity index (χ1n) is 8.26. The summed E-state index contributed by atoms with van der Waals surface area (Å²) in [4.78, 5) is 23.8. The number of aromatic amines is 2. The van der Waals surface area contributed by atoms with Crippen LogP contribution in [0, 0.1) is 11.3 Å². The Morgan fingerprint density at radius 1 is 1.27 bits per heavy atom. The Morgan fingerprint density at radius 3 is 2.88 bits per heavy atom. The van der Waals surface area contributed by atoms with E-state index in [0.717, 1.165) is 40.5 Å². The van der Waals surface area contributed by atoms with E-state index in [1.807, 2.05) is 24.3 Å². The lowest BCUT2D eigenvalue weighted by Gasteiger charge is -1.97. The molecule has 26 heavy (non-hydrogen) atoms. The monoisotopic (exact) mass is 343 g/mol. The van der Waals surface area contributed by atoms with E-state index in [9.17, 15) is 4.79 Å². The summed E-state index contributed by atoms with van der Waals surface area (Å²) in [6, 6.07) is 9.53. The minimum absolute atomic E-state index is 0.179. The SMILES string of the molecule is N#Cc1ccc(-c2n[nH]c3cc4[nH]c(C(=O)NC5CC5)nc4cc23)cn1. The average Bonchev–Trinajstić information content (AvgIpc) is 3.23. The van der Waals surface area contributed by atoms with Crippen LogP contribution in [0.25, 0.3) is 33.2 Å². The van der Waals surface area contributed by atoms with Crippen molar-refractivity contribution in [2.45, 2.75) is 18.9 Å². The molecule has 3 aromatic heterocycles. The molecule has 1 saturated carbocycles. The van der Waals surface area contributed by atoms with E-state index in [0.29, 0.717) is 17.0 Å². The van der Waals surface area contributed by atoms with Crippen LogP contribution in [-0.2, 0) is 0 Å². The number of pyridine rings is 1. The highest BCUT2D eigenvalue weighted by Crippen LogP contribution is 2.29. The molecule has 8 nitrogen and oxygen atoms in total. The first-order chi connectivity index (χ1) is 12.7. The fraction of sp³-hybridized carbons (Fsp3) is 0.167. The predicted molar refractivity (Wildman–Crippen MR) is 94.2 cm³/mol. The van der Waals surface area contributed by atoms with Crippen LogP contribution in [0.1, 0.15) is 29.2 Å². The number of rotatable bonds is 3. The van der Waals surface area contributed by atoms with Crippen molar-refractivity contribution in [3.63, 3.8) is 0 Å². The third kappa shape index (κ3) is 2.38. The second-order valence-corrected chi connectivity index (χ2v) is 6.36. The minimum Gasteiger partial charge on any atom is -0.347 e. The van der Waals surface area contributed by atoms with Crippen molar-refractivity contribution >= 4 is 27.8 Å². The molecule has 3 N–H and O–H groups in total. The molecule has 0 spiro atoms. The van der Waals surface area contributed by atoms with Crippen LogP contribution in [-0.4, -0.2) is 37.1 Å². The van der Waals surface area contributed by atoms with Crippen LogP contribution in [0.2, 0.25) is 0 Å². The number of nitriles is 1. The molecule has 0 bridgehead atoms. The van der Waals surface area contributed by atoms with E-state index in [4.69, 9.17) is 5.26 Å². The lowest BCUT2D eigenvalue weighted by molar-refractivity contribution is 0.0942. The van der Waals surface area contributed by atoms with Crippen molar-refractivity contribution in [2.24, 2.45) is 0 Å². The normalized spacial score (nSPS) is 13.8. The average molecular weight is 343 g/mol. The molecule has 1 aliphatic rings. The number of nitrogens with zero attached hydrogens (tertiary/aromatic N) is 4. The van der Waals surface area contributed by atoms with Gasteiger partial charge in [0.2, 0.25) is 0 Å². The molecular weight excluding hydrogens is 330 g/mol. The summed E-state index contributed by atoms with van der Waals surface area (Å²) >= 11 is 0. The van der Waals surface area contributed by atoms with Crippen LogP contribution in [0.4, 0.5) is 0 Å². The van der Waals surface area contributed by atoms with Gasteiger partial charge in [-0.1, -0.05) is 0 Å². The van der Waals surface area contributed by atoms with Gasteiger partial charge in [0.25, 0.3) is 5.91 Å². The molecule has 0 aliphatic heterocycles. The van der Waals surface area contributed by atoms with E-state index in [2.05, 4.69) is 30.5 Å². The number of nitrogens with one attached hydrogen (secondary N) is 3. The van der Waals surface area contributed by atoms with Gasteiger partial charge in [0.05, 0.1) is 16.6 Å². The van der Waals surface area contributed by atoms with Gasteiger partial charge in [-0.2, -0.15) is 10.4 Å². The van der Waals surface area contributed by atoms with Crippen molar-refractivity contribution in [3.8, 4) is 17.3 Å². The second kappa shape index (κ2) is 5.39. The van der Waals surface area contributed by atoms with Gasteiger partial charge in [-0.3, -0.25) is 9.89 Å². The van der Waals surface area contributed by atoms with Gasteiger partial charge in [-0.05, 0) is 37.1 Å². The summed E-state index contributed by atoms with van der Waals surface area (Å²) in [5, 5.41) is 20.0. The van der Waals surface area contributed by atoms with E-state index in [-0.39, 0.29) is 11.9 Å². The van der Waals surface area contributed by atoms with Gasteiger partial charge in [-0.15, -0.1) is 0 Å². The highest BCUT2D eigenvalue weighted by atomic mass is 16.2. The Kier molecular flexibility index (Phi) is 3.03. The summed E-state index contributed by atoms with van der Waals surface area (Å²) in [6.45, 7) is 0. The summed E-state index contributed by atoms with van der Waals surface area (Å²) < 4.78 is 0. The summed E-state index contributed by atoms with van der Waals surface area (Å²) in [5.74, 6) is 0.135. The number of hydrogen-bond donors (Lipinski definition) is 3. The number of carbonyl (C=O) groups is 1. The van der Waals surface area contributed by atoms with Crippen molar-refractivity contribution in [1.29, 1.82) is 5.26 Å². The van der Waals surface area contributed by atoms with Gasteiger partial charge >= 0.3 is 0 Å². The van der Waals surface area contributed by atoms with Crippen LogP contribution in [0.5, 0.6) is 0 Å². The van der Waals surface area contributed by atoms with Gasteiger partial charge < -0.3 is 10.3 Å². The molecule has 8 heteroatoms. The number of imidazole rings is 1. The fourth-order valence-electron chi connectivity index (χ4n) is 2.93. The third-order valence-corrected chi connectivity index (χ3v) is 4.44. The zero-order valence-corrected chi connectivity index (χ0v) is 13.6. The lowest BCUT2D eigenvalue weighted by atomic mass is 10.1. The molecule has 0 unspecified atom stereocenters. The number of benzene rings is 1. The summed E-state index contributed by atoms with van der Waals surface area (Å²) in [6.07, 6.45) is 3.68. The van der Waals surface area contributed by atoms with E-state index in [1.54, 1.807) is 12.3 Å². The molecule has 126 valence electrons. The fourth-order valence-corrected chi connectivity index (χ4v) is 2.93. The Balaban J connectivity index is 1.58. The molecule has 4 aromatic rings. The predicted octanol–water partition coefficient (Wildman–Crippen LogP) is 2.27. The van der Waals surface area contributed by atoms with Gasteiger partial charge in [0.1, 0.15) is 17.5 Å². The lowest BCUT2D eigenvalue weighted by Crippen LogP contribution is -2.26. The molecule has 0 atom stereocenters. The zero-order chi connectivity index (χ0) is 17.7. The topological polar surface area (TPSA) is 123 Å². The van der Waals surface area contributed by atoms with E-state index in [1.165, 1.54) is 0 Å². The minimum atomic E-state index is -0.179. The largest absolute Gasteiger partial charge is 0.347 e. The molecule has 1 aromatic carbocycles. The molecular formula is C18H13N7O. The van der Waals surface area contributed by atoms with Crippen LogP contribution in [0.15, 0.2) is 30.5 Å². The Labute approximate surface area is 147 Å². The van der Waals surface area contributed by atoms with Crippen LogP contribution >= 0.6 is 0 Å². The highest BCUT2D eigenvalue weighted by Gasteiger charge is 2.25. The van der Waals surface area contributed by atoms with Crippen LogP contribution in [0.3, 0.4) is 0 Å². The Hall–Kier alpha value is -3.73. The van der Waals surface area contributed by atoms with Crippen molar-refractivity contribution < 1.29 is 4.79 Å². The highest BCUT2D eigenvalue weighted by molar-refractivity contribution is 6.02. The molecule has 1 aliphatic carbocycles. The Bertz CT molecular complexity index is 1190. The van der Waals surface area contributed by atoms with E-state index >= 15 is 0 Å². The number of fused-ring (bicyclic) bond motifs is 2. The summed E-state index contributed by atoms with van der Waals surface area (Å²) in [5.41, 5.74) is 4.18. The Morgan fingerprint density at radius 2 is 2.15 bits per heavy atom. The molecule has 3 heterocycles. The maximum absolute atomic E-state index is 12.2. The standard InChI is InChI=1S/C18H13N7O/c19-7-11-2-1-9(8-20-11)16-12-5-14-15(6-13(12)24-25-16)23-17(22-14)18(26)21-10-3-4-10/h1-2,5-6,8,10H,3-4H2,(H,21,26)(H,22,23)(H,24,25). The van der Waals surface area contributed by atoms with Crippen molar-refractivity contribution in [1.82, 2.24) is 30.5 Å². The second-order valence-electron chi connectivity index (χ2n) is 6.36. The maximum atomic E-state index is 12.2. The van der Waals surface area contributed by atoms with E-state index < -0.39 is 0 Å². The smallest absolute Gasteiger partial charge is 0.287 e. The van der Waals surface area contributed by atoms with Crippen LogP contribution < -0.4 is 5.32 Å². The summed E-state index contributed by atoms with van der Waals surface area (Å²) in [7, 11) is 0. The molecule has 0 saturated heterocycles. The van der Waals surface area contributed by atoms with Gasteiger partial charge in [-0.25, -0.2) is 9.97 Å².